The predicted octanol–water partition coefficient (Wildman–Crippen LogP) is 2.18. The molecule has 4 nitrogen and oxygen atoms in total. The number of hydrogen-bond acceptors (Lipinski definition) is 3. The van der Waals surface area contributed by atoms with Crippen molar-refractivity contribution in [2.45, 2.75) is 25.7 Å². The zero-order valence-corrected chi connectivity index (χ0v) is 11.1. The maximum Gasteiger partial charge on any atom is 0.151 e. The third kappa shape index (κ3) is 2.84. The molecule has 0 saturated carbocycles. The summed E-state index contributed by atoms with van der Waals surface area (Å²) < 4.78 is 1.94. The van der Waals surface area contributed by atoms with Gasteiger partial charge in [0.05, 0.1) is 5.69 Å². The molecule has 0 N–H and O–H groups in total. The Morgan fingerprint density at radius 3 is 2.79 bits per heavy atom. The zero-order valence-electron chi connectivity index (χ0n) is 11.1. The Kier molecular flexibility index (Phi) is 3.60. The van der Waals surface area contributed by atoms with Crippen LogP contribution in [0.3, 0.4) is 0 Å². The number of aldehydes is 1. The maximum atomic E-state index is 10.7. The summed E-state index contributed by atoms with van der Waals surface area (Å²) in [6.45, 7) is 3.54. The molecule has 0 amide bonds. The van der Waals surface area contributed by atoms with Crippen molar-refractivity contribution in [3.8, 4) is 0 Å². The lowest BCUT2D eigenvalue weighted by atomic mass is 10.1. The molecule has 3 rings (SSSR count). The van der Waals surface area contributed by atoms with Crippen LogP contribution in [0.5, 0.6) is 0 Å². The quantitative estimate of drug-likeness (QED) is 0.788. The maximum absolute atomic E-state index is 10.7. The van der Waals surface area contributed by atoms with E-state index in [0.29, 0.717) is 5.56 Å². The van der Waals surface area contributed by atoms with Crippen molar-refractivity contribution in [3.63, 3.8) is 0 Å². The fourth-order valence-electron chi connectivity index (χ4n) is 2.71. The summed E-state index contributed by atoms with van der Waals surface area (Å²) in [4.78, 5) is 17.9. The second kappa shape index (κ2) is 5.53. The molecule has 3 heterocycles. The van der Waals surface area contributed by atoms with Gasteiger partial charge in [-0.2, -0.15) is 0 Å². The van der Waals surface area contributed by atoms with Gasteiger partial charge < -0.3 is 9.30 Å². The molecule has 1 fully saturated rings. The van der Waals surface area contributed by atoms with Crippen LogP contribution in [0.25, 0.3) is 5.65 Å². The summed E-state index contributed by atoms with van der Waals surface area (Å²) in [6, 6.07) is 3.71. The van der Waals surface area contributed by atoms with Crippen LogP contribution >= 0.6 is 0 Å². The fraction of sp³-hybridized carbons (Fsp3) is 0.467. The first kappa shape index (κ1) is 12.4. The molecule has 0 atom stereocenters. The Bertz CT molecular complexity index is 570. The van der Waals surface area contributed by atoms with Gasteiger partial charge in [0, 0.05) is 30.9 Å². The number of pyridine rings is 1. The van der Waals surface area contributed by atoms with Gasteiger partial charge in [-0.05, 0) is 38.1 Å². The molecule has 0 unspecified atom stereocenters. The lowest BCUT2D eigenvalue weighted by Crippen LogP contribution is -2.31. The lowest BCUT2D eigenvalue weighted by molar-refractivity contribution is 0.112. The minimum Gasteiger partial charge on any atom is -0.306 e. The molecule has 0 radical (unpaired) electrons. The van der Waals surface area contributed by atoms with E-state index in [1.807, 2.05) is 28.9 Å². The first-order valence-electron chi connectivity index (χ1n) is 7.00. The number of piperidine rings is 1. The molecule has 0 bridgehead atoms. The normalized spacial score (nSPS) is 16.8. The smallest absolute Gasteiger partial charge is 0.151 e. The van der Waals surface area contributed by atoms with Crippen molar-refractivity contribution < 1.29 is 4.79 Å². The first-order chi connectivity index (χ1) is 9.35. The molecule has 4 heteroatoms. The standard InChI is InChI=1S/C15H19N3O/c19-12-13-4-5-15-16-14(11-18(15)10-13)6-9-17-7-2-1-3-8-17/h4-5,10-12H,1-3,6-9H2. The molecule has 1 aliphatic rings. The predicted molar refractivity (Wildman–Crippen MR) is 74.6 cm³/mol. The summed E-state index contributed by atoms with van der Waals surface area (Å²) in [5.41, 5.74) is 2.71. The Balaban J connectivity index is 1.68. The molecule has 19 heavy (non-hydrogen) atoms. The summed E-state index contributed by atoms with van der Waals surface area (Å²) in [5.74, 6) is 0. The fourth-order valence-corrected chi connectivity index (χ4v) is 2.71. The number of hydrogen-bond donors (Lipinski definition) is 0. The largest absolute Gasteiger partial charge is 0.306 e. The third-order valence-electron chi connectivity index (χ3n) is 3.79. The van der Waals surface area contributed by atoms with Crippen LogP contribution in [0.2, 0.25) is 0 Å². The third-order valence-corrected chi connectivity index (χ3v) is 3.79. The van der Waals surface area contributed by atoms with Gasteiger partial charge in [0.2, 0.25) is 0 Å². The van der Waals surface area contributed by atoms with Crippen molar-refractivity contribution in [2.75, 3.05) is 19.6 Å². The number of imidazole rings is 1. The monoisotopic (exact) mass is 257 g/mol. The Labute approximate surface area is 113 Å². The highest BCUT2D eigenvalue weighted by Crippen LogP contribution is 2.11. The molecular formula is C15H19N3O. The Morgan fingerprint density at radius 1 is 1.16 bits per heavy atom. The summed E-state index contributed by atoms with van der Waals surface area (Å²) in [7, 11) is 0. The van der Waals surface area contributed by atoms with Gasteiger partial charge in [0.1, 0.15) is 5.65 Å². The molecule has 0 aromatic carbocycles. The number of aromatic nitrogens is 2. The number of likely N-dealkylation sites (tertiary alicyclic amines) is 1. The topological polar surface area (TPSA) is 37.6 Å². The average molecular weight is 257 g/mol. The zero-order chi connectivity index (χ0) is 13.1. The van der Waals surface area contributed by atoms with Crippen LogP contribution in [-0.4, -0.2) is 40.2 Å². The van der Waals surface area contributed by atoms with E-state index in [-0.39, 0.29) is 0 Å². The number of carbonyl (C=O) groups is 1. The van der Waals surface area contributed by atoms with Gasteiger partial charge >= 0.3 is 0 Å². The molecular weight excluding hydrogens is 238 g/mol. The molecule has 0 spiro atoms. The van der Waals surface area contributed by atoms with E-state index < -0.39 is 0 Å². The number of rotatable bonds is 4. The van der Waals surface area contributed by atoms with Gasteiger partial charge in [-0.25, -0.2) is 4.98 Å². The van der Waals surface area contributed by atoms with Gasteiger partial charge in [-0.15, -0.1) is 0 Å². The molecule has 2 aromatic heterocycles. The van der Waals surface area contributed by atoms with Crippen molar-refractivity contribution in [1.82, 2.24) is 14.3 Å². The molecule has 1 saturated heterocycles. The summed E-state index contributed by atoms with van der Waals surface area (Å²) >= 11 is 0. The van der Waals surface area contributed by atoms with E-state index in [4.69, 9.17) is 0 Å². The van der Waals surface area contributed by atoms with Gasteiger partial charge in [-0.3, -0.25) is 4.79 Å². The number of carbonyl (C=O) groups excluding carboxylic acids is 1. The summed E-state index contributed by atoms with van der Waals surface area (Å²) in [5, 5.41) is 0. The van der Waals surface area contributed by atoms with Gasteiger partial charge in [0.15, 0.2) is 6.29 Å². The van der Waals surface area contributed by atoms with Crippen LogP contribution in [0.1, 0.15) is 35.3 Å². The van der Waals surface area contributed by atoms with E-state index in [1.165, 1.54) is 32.4 Å². The second-order valence-corrected chi connectivity index (χ2v) is 5.23. The molecule has 2 aromatic rings. The van der Waals surface area contributed by atoms with Crippen LogP contribution in [0.4, 0.5) is 0 Å². The van der Waals surface area contributed by atoms with E-state index in [0.717, 1.165) is 30.6 Å². The minimum atomic E-state index is 0.687. The summed E-state index contributed by atoms with van der Waals surface area (Å²) in [6.07, 6.45) is 9.75. The van der Waals surface area contributed by atoms with E-state index in [2.05, 4.69) is 9.88 Å². The van der Waals surface area contributed by atoms with Gasteiger partial charge in [-0.1, -0.05) is 6.42 Å². The van der Waals surface area contributed by atoms with Crippen molar-refractivity contribution in [2.24, 2.45) is 0 Å². The highest BCUT2D eigenvalue weighted by Gasteiger charge is 2.10. The second-order valence-electron chi connectivity index (χ2n) is 5.23. The highest BCUT2D eigenvalue weighted by molar-refractivity contribution is 5.74. The van der Waals surface area contributed by atoms with Crippen molar-refractivity contribution in [1.29, 1.82) is 0 Å². The Hall–Kier alpha value is -1.68. The number of fused-ring (bicyclic) bond motifs is 1. The average Bonchev–Trinajstić information content (AvgIpc) is 2.88. The Morgan fingerprint density at radius 2 is 2.00 bits per heavy atom. The van der Waals surface area contributed by atoms with E-state index >= 15 is 0 Å². The van der Waals surface area contributed by atoms with Crippen molar-refractivity contribution >= 4 is 11.9 Å². The van der Waals surface area contributed by atoms with E-state index in [1.54, 1.807) is 0 Å². The van der Waals surface area contributed by atoms with Crippen molar-refractivity contribution in [3.05, 3.63) is 35.8 Å². The SMILES string of the molecule is O=Cc1ccc2nc(CCN3CCCCC3)cn2c1. The van der Waals surface area contributed by atoms with E-state index in [9.17, 15) is 4.79 Å². The first-order valence-corrected chi connectivity index (χ1v) is 7.00. The van der Waals surface area contributed by atoms with Crippen LogP contribution in [-0.2, 0) is 6.42 Å². The minimum absolute atomic E-state index is 0.687. The van der Waals surface area contributed by atoms with Crippen LogP contribution in [0, 0.1) is 0 Å². The molecule has 100 valence electrons. The molecule has 0 aliphatic carbocycles. The molecule has 1 aliphatic heterocycles. The highest BCUT2D eigenvalue weighted by atomic mass is 16.1. The van der Waals surface area contributed by atoms with Crippen LogP contribution < -0.4 is 0 Å². The lowest BCUT2D eigenvalue weighted by Gasteiger charge is -2.25. The van der Waals surface area contributed by atoms with Crippen LogP contribution in [0.15, 0.2) is 24.5 Å². The van der Waals surface area contributed by atoms with Gasteiger partial charge in [0.25, 0.3) is 0 Å². The number of nitrogens with zero attached hydrogens (tertiary/aromatic N) is 3.